The summed E-state index contributed by atoms with van der Waals surface area (Å²) in [7, 11) is 1.62. The van der Waals surface area contributed by atoms with Crippen LogP contribution in [0.15, 0.2) is 60.7 Å². The molecule has 1 atom stereocenters. The molecule has 2 aliphatic heterocycles. The van der Waals surface area contributed by atoms with E-state index in [4.69, 9.17) is 21.1 Å². The number of carbonyl (C=O) groups excluding carboxylic acids is 2. The normalized spacial score (nSPS) is 20.0. The molecule has 0 unspecified atom stereocenters. The quantitative estimate of drug-likeness (QED) is 0.341. The third-order valence-electron chi connectivity index (χ3n) is 8.87. The van der Waals surface area contributed by atoms with Gasteiger partial charge in [0, 0.05) is 49.4 Å². The number of methoxy groups -OCH3 is 1. The Hall–Kier alpha value is -3.55. The van der Waals surface area contributed by atoms with E-state index in [1.807, 2.05) is 60.0 Å². The molecule has 0 N–H and O–H groups in total. The first kappa shape index (κ1) is 28.6. The molecule has 6 rings (SSSR count). The van der Waals surface area contributed by atoms with Crippen LogP contribution in [0.1, 0.15) is 61.9 Å². The van der Waals surface area contributed by atoms with Crippen LogP contribution in [0.2, 0.25) is 5.02 Å². The number of halogens is 1. The van der Waals surface area contributed by atoms with Crippen LogP contribution in [0.4, 0.5) is 5.69 Å². The standard InChI is InChI=1S/C34H38ClN3O4/c1-22(2)42-31-21-29-25(19-30(31)41-4)20-32(40)38(33(29)24-5-9-27(35)10-6-24)28-11-7-26(8-12-28)34(13-14-34)37-17-15-36(16-18-37)23(3)39/h5-12,19,21-22,33H,13-18,20H2,1-4H3/t33-/m0/s1. The van der Waals surface area contributed by atoms with Crippen molar-refractivity contribution in [3.05, 3.63) is 87.9 Å². The molecule has 2 heterocycles. The van der Waals surface area contributed by atoms with Gasteiger partial charge in [0.25, 0.3) is 0 Å². The van der Waals surface area contributed by atoms with Crippen LogP contribution < -0.4 is 14.4 Å². The fourth-order valence-electron chi connectivity index (χ4n) is 6.62. The number of hydrogen-bond donors (Lipinski definition) is 0. The van der Waals surface area contributed by atoms with Crippen LogP contribution in [-0.4, -0.2) is 61.0 Å². The van der Waals surface area contributed by atoms with E-state index in [0.717, 1.165) is 61.4 Å². The summed E-state index contributed by atoms with van der Waals surface area (Å²) in [5.41, 5.74) is 5.07. The summed E-state index contributed by atoms with van der Waals surface area (Å²) in [6, 6.07) is 19.9. The second-order valence-electron chi connectivity index (χ2n) is 11.8. The maximum absolute atomic E-state index is 13.9. The zero-order valence-corrected chi connectivity index (χ0v) is 25.5. The fraction of sp³-hybridized carbons (Fsp3) is 0.412. The van der Waals surface area contributed by atoms with Gasteiger partial charge in [0.15, 0.2) is 11.5 Å². The molecule has 3 aromatic carbocycles. The highest BCUT2D eigenvalue weighted by molar-refractivity contribution is 6.30. The van der Waals surface area contributed by atoms with Gasteiger partial charge in [-0.25, -0.2) is 0 Å². The Balaban J connectivity index is 1.36. The summed E-state index contributed by atoms with van der Waals surface area (Å²) in [5.74, 6) is 1.46. The van der Waals surface area contributed by atoms with Gasteiger partial charge in [0.05, 0.1) is 25.7 Å². The van der Waals surface area contributed by atoms with Crippen molar-refractivity contribution in [1.82, 2.24) is 9.80 Å². The molecule has 7 nitrogen and oxygen atoms in total. The number of fused-ring (bicyclic) bond motifs is 1. The monoisotopic (exact) mass is 587 g/mol. The summed E-state index contributed by atoms with van der Waals surface area (Å²) in [4.78, 5) is 32.1. The molecule has 0 bridgehead atoms. The molecule has 8 heteroatoms. The minimum Gasteiger partial charge on any atom is -0.493 e. The smallest absolute Gasteiger partial charge is 0.232 e. The van der Waals surface area contributed by atoms with Gasteiger partial charge in [-0.05, 0) is 85.3 Å². The number of piperazine rings is 1. The van der Waals surface area contributed by atoms with Crippen molar-refractivity contribution in [2.75, 3.05) is 38.2 Å². The molecule has 0 radical (unpaired) electrons. The molecule has 2 amide bonds. The summed E-state index contributed by atoms with van der Waals surface area (Å²) >= 11 is 6.27. The Morgan fingerprint density at radius 2 is 1.62 bits per heavy atom. The molecule has 0 spiro atoms. The van der Waals surface area contributed by atoms with E-state index in [0.29, 0.717) is 16.5 Å². The van der Waals surface area contributed by atoms with E-state index < -0.39 is 0 Å². The van der Waals surface area contributed by atoms with E-state index >= 15 is 0 Å². The summed E-state index contributed by atoms with van der Waals surface area (Å²) in [6.45, 7) is 8.93. The largest absolute Gasteiger partial charge is 0.493 e. The van der Waals surface area contributed by atoms with Crippen LogP contribution in [-0.2, 0) is 21.5 Å². The zero-order valence-electron chi connectivity index (χ0n) is 24.7. The SMILES string of the molecule is COc1cc2c(cc1OC(C)C)[C@H](c1ccc(Cl)cc1)N(c1ccc(C3(N4CCN(C(C)=O)CC4)CC3)cc1)C(=O)C2. The summed E-state index contributed by atoms with van der Waals surface area (Å²) < 4.78 is 11.8. The predicted octanol–water partition coefficient (Wildman–Crippen LogP) is 5.97. The minimum atomic E-state index is -0.348. The Morgan fingerprint density at radius 3 is 2.19 bits per heavy atom. The molecule has 1 aliphatic carbocycles. The lowest BCUT2D eigenvalue weighted by Gasteiger charge is -2.40. The number of nitrogens with zero attached hydrogens (tertiary/aromatic N) is 3. The lowest BCUT2D eigenvalue weighted by atomic mass is 9.86. The second kappa shape index (κ2) is 11.3. The molecule has 220 valence electrons. The molecule has 3 aromatic rings. The van der Waals surface area contributed by atoms with Crippen molar-refractivity contribution in [2.45, 2.75) is 57.7 Å². The molecule has 42 heavy (non-hydrogen) atoms. The number of carbonyl (C=O) groups is 2. The summed E-state index contributed by atoms with van der Waals surface area (Å²) in [5, 5.41) is 0.648. The molecular weight excluding hydrogens is 550 g/mol. The van der Waals surface area contributed by atoms with Gasteiger partial charge >= 0.3 is 0 Å². The number of amides is 2. The van der Waals surface area contributed by atoms with Crippen LogP contribution in [0.5, 0.6) is 11.5 Å². The Bertz CT molecular complexity index is 1480. The third kappa shape index (κ3) is 5.25. The van der Waals surface area contributed by atoms with Gasteiger partial charge < -0.3 is 19.3 Å². The average molecular weight is 588 g/mol. The van der Waals surface area contributed by atoms with Gasteiger partial charge in [-0.15, -0.1) is 0 Å². The number of anilines is 1. The van der Waals surface area contributed by atoms with Crippen LogP contribution in [0.3, 0.4) is 0 Å². The summed E-state index contributed by atoms with van der Waals surface area (Å²) in [6.07, 6.45) is 2.45. The first-order valence-corrected chi connectivity index (χ1v) is 15.1. The number of benzene rings is 3. The molecule has 1 saturated carbocycles. The second-order valence-corrected chi connectivity index (χ2v) is 12.3. The van der Waals surface area contributed by atoms with E-state index in [1.165, 1.54) is 5.56 Å². The van der Waals surface area contributed by atoms with Crippen molar-refractivity contribution >= 4 is 29.1 Å². The maximum Gasteiger partial charge on any atom is 0.232 e. The highest BCUT2D eigenvalue weighted by atomic mass is 35.5. The predicted molar refractivity (Wildman–Crippen MR) is 164 cm³/mol. The number of rotatable bonds is 7. The van der Waals surface area contributed by atoms with E-state index in [-0.39, 0.29) is 35.9 Å². The van der Waals surface area contributed by atoms with E-state index in [9.17, 15) is 9.59 Å². The van der Waals surface area contributed by atoms with Gasteiger partial charge in [0.2, 0.25) is 11.8 Å². The lowest BCUT2D eigenvalue weighted by Crippen LogP contribution is -2.51. The topological polar surface area (TPSA) is 62.3 Å². The van der Waals surface area contributed by atoms with Crippen molar-refractivity contribution in [3.8, 4) is 11.5 Å². The van der Waals surface area contributed by atoms with Gasteiger partial charge in [0.1, 0.15) is 0 Å². The molecular formula is C34H38ClN3O4. The van der Waals surface area contributed by atoms with Crippen molar-refractivity contribution in [1.29, 1.82) is 0 Å². The van der Waals surface area contributed by atoms with Gasteiger partial charge in [-0.1, -0.05) is 35.9 Å². The Kier molecular flexibility index (Phi) is 7.66. The van der Waals surface area contributed by atoms with Crippen molar-refractivity contribution < 1.29 is 19.1 Å². The molecule has 2 fully saturated rings. The first-order chi connectivity index (χ1) is 20.2. The van der Waals surface area contributed by atoms with Gasteiger partial charge in [-0.3, -0.25) is 14.5 Å². The van der Waals surface area contributed by atoms with Crippen molar-refractivity contribution in [3.63, 3.8) is 0 Å². The first-order valence-electron chi connectivity index (χ1n) is 14.8. The number of ether oxygens (including phenoxy) is 2. The highest BCUT2D eigenvalue weighted by Crippen LogP contribution is 2.52. The van der Waals surface area contributed by atoms with Crippen LogP contribution >= 0.6 is 11.6 Å². The van der Waals surface area contributed by atoms with E-state index in [1.54, 1.807) is 14.0 Å². The van der Waals surface area contributed by atoms with Gasteiger partial charge in [-0.2, -0.15) is 0 Å². The van der Waals surface area contributed by atoms with Crippen molar-refractivity contribution in [2.24, 2.45) is 0 Å². The molecule has 3 aliphatic rings. The molecule has 1 saturated heterocycles. The highest BCUT2D eigenvalue weighted by Gasteiger charge is 2.50. The average Bonchev–Trinajstić information content (AvgIpc) is 3.79. The lowest BCUT2D eigenvalue weighted by molar-refractivity contribution is -0.131. The fourth-order valence-corrected chi connectivity index (χ4v) is 6.74. The van der Waals surface area contributed by atoms with Crippen LogP contribution in [0, 0.1) is 0 Å². The minimum absolute atomic E-state index is 0.0230. The third-order valence-corrected chi connectivity index (χ3v) is 9.13. The number of hydrogen-bond acceptors (Lipinski definition) is 5. The maximum atomic E-state index is 13.9. The van der Waals surface area contributed by atoms with E-state index in [2.05, 4.69) is 29.2 Å². The Labute approximate surface area is 253 Å². The molecule has 0 aromatic heterocycles. The van der Waals surface area contributed by atoms with Crippen LogP contribution in [0.25, 0.3) is 0 Å². The Morgan fingerprint density at radius 1 is 0.952 bits per heavy atom. The zero-order chi connectivity index (χ0) is 29.6.